The summed E-state index contributed by atoms with van der Waals surface area (Å²) in [6, 6.07) is 8.51. The Morgan fingerprint density at radius 3 is 2.80 bits per heavy atom. The minimum absolute atomic E-state index is 0.214. The van der Waals surface area contributed by atoms with Gasteiger partial charge in [0.1, 0.15) is 11.3 Å². The number of fused-ring (bicyclic) bond motifs is 1. The Morgan fingerprint density at radius 1 is 1.20 bits per heavy atom. The highest BCUT2D eigenvalue weighted by atomic mass is 35.5. The zero-order valence-electron chi connectivity index (χ0n) is 13.2. The molecule has 0 saturated carbocycles. The quantitative estimate of drug-likeness (QED) is 0.733. The molecular formula is C17H14Cl2N4O2. The van der Waals surface area contributed by atoms with E-state index in [4.69, 9.17) is 23.2 Å². The lowest BCUT2D eigenvalue weighted by atomic mass is 10.3. The number of halogens is 2. The van der Waals surface area contributed by atoms with Crippen LogP contribution in [-0.4, -0.2) is 27.7 Å². The third-order valence-corrected chi connectivity index (χ3v) is 4.03. The summed E-state index contributed by atoms with van der Waals surface area (Å²) >= 11 is 11.9. The van der Waals surface area contributed by atoms with Crippen LogP contribution in [0.1, 0.15) is 16.1 Å². The molecule has 2 N–H and O–H groups in total. The van der Waals surface area contributed by atoms with Gasteiger partial charge in [-0.15, -0.1) is 0 Å². The van der Waals surface area contributed by atoms with Crippen molar-refractivity contribution in [3.63, 3.8) is 0 Å². The van der Waals surface area contributed by atoms with Crippen LogP contribution >= 0.6 is 23.2 Å². The van der Waals surface area contributed by atoms with Gasteiger partial charge in [0.15, 0.2) is 0 Å². The normalized spacial score (nSPS) is 10.7. The molecule has 0 atom stereocenters. The Kier molecular flexibility index (Phi) is 4.92. The number of benzene rings is 1. The molecular weight excluding hydrogens is 363 g/mol. The lowest BCUT2D eigenvalue weighted by Gasteiger charge is -2.08. The van der Waals surface area contributed by atoms with Gasteiger partial charge in [-0.25, -0.2) is 4.98 Å². The van der Waals surface area contributed by atoms with E-state index < -0.39 is 11.8 Å². The zero-order chi connectivity index (χ0) is 18.0. The number of nitrogens with zero attached hydrogens (tertiary/aromatic N) is 2. The summed E-state index contributed by atoms with van der Waals surface area (Å²) in [4.78, 5) is 28.4. The highest BCUT2D eigenvalue weighted by Gasteiger charge is 2.13. The van der Waals surface area contributed by atoms with Crippen molar-refractivity contribution in [2.45, 2.75) is 6.92 Å². The van der Waals surface area contributed by atoms with Crippen molar-refractivity contribution in [2.75, 3.05) is 11.9 Å². The van der Waals surface area contributed by atoms with Crippen LogP contribution in [0.3, 0.4) is 0 Å². The van der Waals surface area contributed by atoms with E-state index in [2.05, 4.69) is 15.6 Å². The molecule has 0 bridgehead atoms. The van der Waals surface area contributed by atoms with Gasteiger partial charge in [-0.05, 0) is 42.8 Å². The summed E-state index contributed by atoms with van der Waals surface area (Å²) in [7, 11) is 0. The van der Waals surface area contributed by atoms with E-state index in [1.807, 2.05) is 25.3 Å². The molecule has 2 heterocycles. The number of aryl methyl sites for hydroxylation is 1. The van der Waals surface area contributed by atoms with Gasteiger partial charge in [0.25, 0.3) is 5.91 Å². The predicted octanol–water partition coefficient (Wildman–Crippen LogP) is 3.32. The van der Waals surface area contributed by atoms with E-state index in [9.17, 15) is 9.59 Å². The molecule has 2 aromatic heterocycles. The topological polar surface area (TPSA) is 75.5 Å². The average Bonchev–Trinajstić information content (AvgIpc) is 2.99. The second-order valence-corrected chi connectivity index (χ2v) is 6.29. The summed E-state index contributed by atoms with van der Waals surface area (Å²) in [6.45, 7) is 1.73. The van der Waals surface area contributed by atoms with Crippen molar-refractivity contribution in [1.82, 2.24) is 14.7 Å². The second-order valence-electron chi connectivity index (χ2n) is 5.45. The molecule has 8 heteroatoms. The van der Waals surface area contributed by atoms with Crippen LogP contribution < -0.4 is 10.6 Å². The van der Waals surface area contributed by atoms with E-state index in [0.29, 0.717) is 21.4 Å². The molecule has 128 valence electrons. The number of carbonyl (C=O) groups is 2. The van der Waals surface area contributed by atoms with Gasteiger partial charge >= 0.3 is 0 Å². The fourth-order valence-corrected chi connectivity index (χ4v) is 2.57. The first-order chi connectivity index (χ1) is 11.9. The van der Waals surface area contributed by atoms with Gasteiger partial charge in [-0.1, -0.05) is 23.2 Å². The van der Waals surface area contributed by atoms with E-state index in [1.165, 1.54) is 6.07 Å². The zero-order valence-corrected chi connectivity index (χ0v) is 14.7. The van der Waals surface area contributed by atoms with Crippen molar-refractivity contribution >= 4 is 46.4 Å². The first-order valence-corrected chi connectivity index (χ1v) is 8.16. The molecule has 6 nitrogen and oxygen atoms in total. The smallest absolute Gasteiger partial charge is 0.271 e. The van der Waals surface area contributed by atoms with E-state index in [-0.39, 0.29) is 12.2 Å². The second kappa shape index (κ2) is 7.13. The minimum Gasteiger partial charge on any atom is -0.342 e. The number of nitrogens with one attached hydrogen (secondary N) is 2. The molecule has 0 aliphatic rings. The maximum absolute atomic E-state index is 12.2. The largest absolute Gasteiger partial charge is 0.342 e. The Bertz CT molecular complexity index is 968. The third kappa shape index (κ3) is 4.10. The van der Waals surface area contributed by atoms with Crippen LogP contribution in [-0.2, 0) is 4.79 Å². The van der Waals surface area contributed by atoms with Gasteiger partial charge in [0.2, 0.25) is 5.91 Å². The number of imidazole rings is 1. The Hall–Kier alpha value is -2.57. The van der Waals surface area contributed by atoms with Crippen LogP contribution in [0.5, 0.6) is 0 Å². The maximum Gasteiger partial charge on any atom is 0.271 e. The van der Waals surface area contributed by atoms with Crippen LogP contribution in [0.25, 0.3) is 5.65 Å². The molecule has 3 aromatic rings. The number of amides is 2. The van der Waals surface area contributed by atoms with Crippen molar-refractivity contribution in [3.05, 3.63) is 64.0 Å². The number of carbonyl (C=O) groups excluding carboxylic acids is 2. The molecule has 0 radical (unpaired) electrons. The number of aromatic nitrogens is 2. The molecule has 3 rings (SSSR count). The van der Waals surface area contributed by atoms with E-state index in [1.54, 1.807) is 22.7 Å². The molecule has 0 aliphatic heterocycles. The summed E-state index contributed by atoms with van der Waals surface area (Å²) in [5.74, 6) is -0.856. The Morgan fingerprint density at radius 2 is 2.00 bits per heavy atom. The summed E-state index contributed by atoms with van der Waals surface area (Å²) < 4.78 is 1.74. The minimum atomic E-state index is -0.436. The summed E-state index contributed by atoms with van der Waals surface area (Å²) in [5.41, 5.74) is 2.33. The fourth-order valence-electron chi connectivity index (χ4n) is 2.23. The van der Waals surface area contributed by atoms with Crippen molar-refractivity contribution in [2.24, 2.45) is 0 Å². The van der Waals surface area contributed by atoms with Crippen molar-refractivity contribution < 1.29 is 9.59 Å². The SMILES string of the molecule is Cc1ccn2cc(C(=O)NCC(=O)Nc3cc(Cl)ccc3Cl)nc2c1. The fraction of sp³-hybridized carbons (Fsp3) is 0.118. The van der Waals surface area contributed by atoms with Gasteiger partial charge < -0.3 is 15.0 Å². The lowest BCUT2D eigenvalue weighted by Crippen LogP contribution is -2.33. The molecule has 1 aromatic carbocycles. The van der Waals surface area contributed by atoms with Crippen LogP contribution in [0, 0.1) is 6.92 Å². The van der Waals surface area contributed by atoms with E-state index in [0.717, 1.165) is 5.56 Å². The van der Waals surface area contributed by atoms with Gasteiger partial charge in [0.05, 0.1) is 17.3 Å². The van der Waals surface area contributed by atoms with Gasteiger partial charge in [0, 0.05) is 17.4 Å². The third-order valence-electron chi connectivity index (χ3n) is 3.46. The number of anilines is 1. The molecule has 0 fully saturated rings. The molecule has 0 unspecified atom stereocenters. The highest BCUT2D eigenvalue weighted by molar-refractivity contribution is 6.35. The first-order valence-electron chi connectivity index (χ1n) is 7.41. The van der Waals surface area contributed by atoms with E-state index >= 15 is 0 Å². The number of hydrogen-bond acceptors (Lipinski definition) is 3. The van der Waals surface area contributed by atoms with Gasteiger partial charge in [-0.2, -0.15) is 0 Å². The molecule has 0 aliphatic carbocycles. The highest BCUT2D eigenvalue weighted by Crippen LogP contribution is 2.25. The maximum atomic E-state index is 12.2. The summed E-state index contributed by atoms with van der Waals surface area (Å²) in [5, 5.41) is 5.93. The average molecular weight is 377 g/mol. The summed E-state index contributed by atoms with van der Waals surface area (Å²) in [6.07, 6.45) is 3.43. The molecule has 2 amide bonds. The number of hydrogen-bond donors (Lipinski definition) is 2. The monoisotopic (exact) mass is 376 g/mol. The molecule has 25 heavy (non-hydrogen) atoms. The Balaban J connectivity index is 1.62. The van der Waals surface area contributed by atoms with Crippen molar-refractivity contribution in [1.29, 1.82) is 0 Å². The number of rotatable bonds is 4. The predicted molar refractivity (Wildman–Crippen MR) is 97.4 cm³/mol. The molecule has 0 saturated heterocycles. The number of pyridine rings is 1. The Labute approximate surface area is 153 Å². The van der Waals surface area contributed by atoms with Crippen LogP contribution in [0.2, 0.25) is 10.0 Å². The lowest BCUT2D eigenvalue weighted by molar-refractivity contribution is -0.115. The molecule has 0 spiro atoms. The van der Waals surface area contributed by atoms with Crippen molar-refractivity contribution in [3.8, 4) is 0 Å². The standard InChI is InChI=1S/C17H14Cl2N4O2/c1-10-4-5-23-9-14(21-15(23)6-10)17(25)20-8-16(24)22-13-7-11(18)2-3-12(13)19/h2-7,9H,8H2,1H3,(H,20,25)(H,22,24). The van der Waals surface area contributed by atoms with Gasteiger partial charge in [-0.3, -0.25) is 9.59 Å². The van der Waals surface area contributed by atoms with Crippen LogP contribution in [0.15, 0.2) is 42.7 Å². The first kappa shape index (κ1) is 17.3. The van der Waals surface area contributed by atoms with Crippen LogP contribution in [0.4, 0.5) is 5.69 Å².